The fraction of sp³-hybridized carbons (Fsp3) is 0.286. The summed E-state index contributed by atoms with van der Waals surface area (Å²) in [6.07, 6.45) is 3.61. The Morgan fingerprint density at radius 2 is 1.75 bits per heavy atom. The minimum atomic E-state index is 0.384. The molecule has 1 atom stereocenters. The third-order valence-corrected chi connectivity index (χ3v) is 6.83. The molecule has 1 aromatic carbocycles. The molecular formula is C14H11Br4NS. The van der Waals surface area contributed by atoms with Gasteiger partial charge < -0.3 is 5.32 Å². The van der Waals surface area contributed by atoms with E-state index in [2.05, 4.69) is 87.2 Å². The van der Waals surface area contributed by atoms with E-state index in [9.17, 15) is 0 Å². The molecule has 106 valence electrons. The number of benzene rings is 1. The van der Waals surface area contributed by atoms with E-state index in [4.69, 9.17) is 0 Å². The molecule has 1 heterocycles. The van der Waals surface area contributed by atoms with Gasteiger partial charge in [0.25, 0.3) is 0 Å². The normalized spacial score (nSPS) is 17.9. The molecule has 1 aliphatic rings. The minimum absolute atomic E-state index is 0.384. The van der Waals surface area contributed by atoms with E-state index in [1.54, 1.807) is 0 Å². The Morgan fingerprint density at radius 3 is 2.45 bits per heavy atom. The lowest BCUT2D eigenvalue weighted by atomic mass is 9.94. The summed E-state index contributed by atoms with van der Waals surface area (Å²) < 4.78 is 4.43. The summed E-state index contributed by atoms with van der Waals surface area (Å²) in [6.45, 7) is 0. The largest absolute Gasteiger partial charge is 0.376 e. The molecule has 0 radical (unpaired) electrons. The van der Waals surface area contributed by atoms with E-state index in [-0.39, 0.29) is 0 Å². The smallest absolute Gasteiger partial charge is 0.0705 e. The van der Waals surface area contributed by atoms with Crippen molar-refractivity contribution in [2.45, 2.75) is 25.3 Å². The second kappa shape index (κ2) is 6.41. The quantitative estimate of drug-likeness (QED) is 0.419. The predicted octanol–water partition coefficient (Wildman–Crippen LogP) is 7.29. The Labute approximate surface area is 156 Å². The van der Waals surface area contributed by atoms with Crippen molar-refractivity contribution in [3.05, 3.63) is 45.8 Å². The van der Waals surface area contributed by atoms with Gasteiger partial charge in [0.2, 0.25) is 0 Å². The molecule has 1 N–H and O–H groups in total. The fourth-order valence-corrected chi connectivity index (χ4v) is 6.83. The highest BCUT2D eigenvalue weighted by Gasteiger charge is 2.23. The van der Waals surface area contributed by atoms with Crippen LogP contribution >= 0.6 is 75.1 Å². The average Bonchev–Trinajstić information content (AvgIpc) is 2.74. The number of thiophene rings is 1. The molecule has 0 fully saturated rings. The third-order valence-electron chi connectivity index (χ3n) is 3.41. The summed E-state index contributed by atoms with van der Waals surface area (Å²) in [5.41, 5.74) is 2.56. The second-order valence-electron chi connectivity index (χ2n) is 4.76. The van der Waals surface area contributed by atoms with Crippen LogP contribution in [0.3, 0.4) is 0 Å². The number of hydrogen-bond acceptors (Lipinski definition) is 2. The maximum atomic E-state index is 3.69. The first kappa shape index (κ1) is 15.5. The van der Waals surface area contributed by atoms with Crippen molar-refractivity contribution < 1.29 is 0 Å². The highest BCUT2D eigenvalue weighted by Crippen LogP contribution is 2.42. The molecule has 0 amide bonds. The summed E-state index contributed by atoms with van der Waals surface area (Å²) >= 11 is 16.3. The van der Waals surface area contributed by atoms with Gasteiger partial charge in [-0.05, 0) is 90.8 Å². The van der Waals surface area contributed by atoms with Crippen LogP contribution in [0.15, 0.2) is 35.4 Å². The molecule has 0 saturated heterocycles. The zero-order chi connectivity index (χ0) is 14.3. The number of fused-ring (bicyclic) bond motifs is 1. The predicted molar refractivity (Wildman–Crippen MR) is 101 cm³/mol. The van der Waals surface area contributed by atoms with Crippen LogP contribution in [-0.2, 0) is 6.42 Å². The SMILES string of the molecule is Brc1cc(Br)c(NC2CCCc3sc(Br)cc32)c(Br)c1. The summed E-state index contributed by atoms with van der Waals surface area (Å²) in [7, 11) is 0. The highest BCUT2D eigenvalue weighted by atomic mass is 79.9. The van der Waals surface area contributed by atoms with Gasteiger partial charge in [-0.15, -0.1) is 11.3 Å². The third kappa shape index (κ3) is 3.19. The van der Waals surface area contributed by atoms with Crippen LogP contribution in [0.1, 0.15) is 29.3 Å². The Bertz CT molecular complexity index is 630. The van der Waals surface area contributed by atoms with Gasteiger partial charge in [-0.3, -0.25) is 0 Å². The lowest BCUT2D eigenvalue weighted by molar-refractivity contribution is 0.608. The van der Waals surface area contributed by atoms with Crippen molar-refractivity contribution in [2.24, 2.45) is 0 Å². The molecule has 3 rings (SSSR count). The van der Waals surface area contributed by atoms with Gasteiger partial charge in [-0.2, -0.15) is 0 Å². The number of nitrogens with one attached hydrogen (secondary N) is 1. The molecule has 0 saturated carbocycles. The van der Waals surface area contributed by atoms with Gasteiger partial charge in [0.05, 0.1) is 15.5 Å². The number of aryl methyl sites for hydroxylation is 1. The van der Waals surface area contributed by atoms with E-state index in [0.29, 0.717) is 6.04 Å². The van der Waals surface area contributed by atoms with Crippen LogP contribution < -0.4 is 5.32 Å². The van der Waals surface area contributed by atoms with Gasteiger partial charge in [0, 0.05) is 18.3 Å². The monoisotopic (exact) mass is 541 g/mol. The van der Waals surface area contributed by atoms with Crippen LogP contribution in [0.2, 0.25) is 0 Å². The molecule has 0 aliphatic heterocycles. The molecule has 1 aromatic heterocycles. The Hall–Kier alpha value is 0.640. The minimum Gasteiger partial charge on any atom is -0.376 e. The molecule has 2 aromatic rings. The Kier molecular flexibility index (Phi) is 4.97. The average molecular weight is 545 g/mol. The Morgan fingerprint density at radius 1 is 1.05 bits per heavy atom. The first-order valence-corrected chi connectivity index (χ1v) is 10.2. The summed E-state index contributed by atoms with van der Waals surface area (Å²) in [6, 6.07) is 6.79. The van der Waals surface area contributed by atoms with Crippen LogP contribution in [0, 0.1) is 0 Å². The first-order valence-electron chi connectivity index (χ1n) is 6.24. The summed E-state index contributed by atoms with van der Waals surface area (Å²) in [5.74, 6) is 0. The van der Waals surface area contributed by atoms with Crippen LogP contribution in [0.25, 0.3) is 0 Å². The van der Waals surface area contributed by atoms with Crippen molar-refractivity contribution in [1.82, 2.24) is 0 Å². The van der Waals surface area contributed by atoms with Gasteiger partial charge in [0.1, 0.15) is 0 Å². The zero-order valence-corrected chi connectivity index (χ0v) is 17.5. The van der Waals surface area contributed by atoms with E-state index in [1.165, 1.54) is 33.5 Å². The molecular weight excluding hydrogens is 534 g/mol. The van der Waals surface area contributed by atoms with Crippen molar-refractivity contribution in [3.8, 4) is 0 Å². The standard InChI is InChI=1S/C14H11Br4NS/c15-7-4-9(16)14(10(17)5-7)19-11-2-1-3-12-8(11)6-13(18)20-12/h4-6,11,19H,1-3H2. The maximum Gasteiger partial charge on any atom is 0.0705 e. The van der Waals surface area contributed by atoms with Crippen molar-refractivity contribution in [1.29, 1.82) is 0 Å². The first-order chi connectivity index (χ1) is 9.54. The second-order valence-corrected chi connectivity index (χ2v) is 9.90. The molecule has 1 aliphatic carbocycles. The zero-order valence-electron chi connectivity index (χ0n) is 10.4. The number of halogens is 4. The molecule has 6 heteroatoms. The Balaban J connectivity index is 1.93. The summed E-state index contributed by atoms with van der Waals surface area (Å²) in [5, 5.41) is 3.69. The van der Waals surface area contributed by atoms with Gasteiger partial charge in [-0.1, -0.05) is 15.9 Å². The maximum absolute atomic E-state index is 3.69. The van der Waals surface area contributed by atoms with E-state index < -0.39 is 0 Å². The lowest BCUT2D eigenvalue weighted by Crippen LogP contribution is -2.16. The lowest BCUT2D eigenvalue weighted by Gasteiger charge is -2.26. The van der Waals surface area contributed by atoms with Crippen molar-refractivity contribution in [2.75, 3.05) is 5.32 Å². The molecule has 1 nitrogen and oxygen atoms in total. The van der Waals surface area contributed by atoms with E-state index in [1.807, 2.05) is 11.3 Å². The van der Waals surface area contributed by atoms with Crippen molar-refractivity contribution >= 4 is 80.7 Å². The number of hydrogen-bond donors (Lipinski definition) is 1. The van der Waals surface area contributed by atoms with Gasteiger partial charge in [0.15, 0.2) is 0 Å². The summed E-state index contributed by atoms with van der Waals surface area (Å²) in [4.78, 5) is 1.50. The number of rotatable bonds is 2. The topological polar surface area (TPSA) is 12.0 Å². The van der Waals surface area contributed by atoms with E-state index >= 15 is 0 Å². The number of anilines is 1. The molecule has 0 spiro atoms. The highest BCUT2D eigenvalue weighted by molar-refractivity contribution is 9.12. The molecule has 1 unspecified atom stereocenters. The van der Waals surface area contributed by atoms with Crippen LogP contribution in [0.4, 0.5) is 5.69 Å². The van der Waals surface area contributed by atoms with Crippen molar-refractivity contribution in [3.63, 3.8) is 0 Å². The van der Waals surface area contributed by atoms with E-state index in [0.717, 1.165) is 19.1 Å². The van der Waals surface area contributed by atoms with Crippen LogP contribution in [0.5, 0.6) is 0 Å². The molecule has 20 heavy (non-hydrogen) atoms. The van der Waals surface area contributed by atoms with Gasteiger partial charge >= 0.3 is 0 Å². The van der Waals surface area contributed by atoms with Crippen LogP contribution in [-0.4, -0.2) is 0 Å². The van der Waals surface area contributed by atoms with Gasteiger partial charge in [-0.25, -0.2) is 0 Å². The fourth-order valence-electron chi connectivity index (χ4n) is 2.53. The molecule has 0 bridgehead atoms.